The largest absolute Gasteiger partial charge is 0.480 e. The number of carboxylic acids is 1. The summed E-state index contributed by atoms with van der Waals surface area (Å²) in [4.78, 5) is 24.2. The third kappa shape index (κ3) is 2.18. The van der Waals surface area contributed by atoms with Gasteiger partial charge in [-0.2, -0.15) is 0 Å². The molecule has 0 aromatic carbocycles. The van der Waals surface area contributed by atoms with E-state index in [1.165, 1.54) is 4.90 Å². The minimum absolute atomic E-state index is 0.141. The van der Waals surface area contributed by atoms with Gasteiger partial charge in [-0.25, -0.2) is 9.59 Å². The third-order valence-electron chi connectivity index (χ3n) is 3.13. The van der Waals surface area contributed by atoms with Crippen molar-refractivity contribution >= 4 is 12.0 Å². The van der Waals surface area contributed by atoms with Crippen LogP contribution in [0.4, 0.5) is 4.79 Å². The molecule has 1 saturated heterocycles. The number of nitrogens with one attached hydrogen (secondary N) is 1. The van der Waals surface area contributed by atoms with Crippen molar-refractivity contribution in [3.8, 4) is 0 Å². The molecule has 0 spiro atoms. The maximum absolute atomic E-state index is 11.8. The number of amides is 2. The molecular formula is C11H16N2O3. The molecule has 0 bridgehead atoms. The summed E-state index contributed by atoms with van der Waals surface area (Å²) in [6, 6.07) is -0.740. The molecule has 0 saturated carbocycles. The number of aliphatic carboxylic acids is 1. The Hall–Kier alpha value is -1.52. The maximum atomic E-state index is 11.8. The van der Waals surface area contributed by atoms with E-state index in [4.69, 9.17) is 5.11 Å². The van der Waals surface area contributed by atoms with Gasteiger partial charge in [0.05, 0.1) is 0 Å². The predicted octanol–water partition coefficient (Wildman–Crippen LogP) is 0.964. The zero-order valence-electron chi connectivity index (χ0n) is 9.06. The Balaban J connectivity index is 1.90. The number of carbonyl (C=O) groups excluding carboxylic acids is 1. The van der Waals surface area contributed by atoms with Crippen LogP contribution in [0.25, 0.3) is 0 Å². The third-order valence-corrected chi connectivity index (χ3v) is 3.13. The SMILES string of the molecule is O=C(O)[C@@H]1CCCN1C(=O)NC1CC=CC1. The number of hydrogen-bond donors (Lipinski definition) is 2. The summed E-state index contributed by atoms with van der Waals surface area (Å²) in [7, 11) is 0. The van der Waals surface area contributed by atoms with Crippen molar-refractivity contribution in [1.82, 2.24) is 10.2 Å². The van der Waals surface area contributed by atoms with E-state index in [2.05, 4.69) is 5.32 Å². The molecule has 2 aliphatic rings. The summed E-state index contributed by atoms with van der Waals surface area (Å²) in [6.07, 6.45) is 7.08. The lowest BCUT2D eigenvalue weighted by atomic mass is 10.2. The molecule has 1 aliphatic carbocycles. The number of rotatable bonds is 2. The molecule has 88 valence electrons. The molecule has 1 atom stereocenters. The van der Waals surface area contributed by atoms with Crippen LogP contribution >= 0.6 is 0 Å². The maximum Gasteiger partial charge on any atom is 0.326 e. The lowest BCUT2D eigenvalue weighted by molar-refractivity contribution is -0.141. The van der Waals surface area contributed by atoms with Crippen molar-refractivity contribution in [2.75, 3.05) is 6.54 Å². The first kappa shape index (κ1) is 11.0. The highest BCUT2D eigenvalue weighted by molar-refractivity contribution is 5.83. The van der Waals surface area contributed by atoms with Gasteiger partial charge < -0.3 is 15.3 Å². The van der Waals surface area contributed by atoms with Crippen LogP contribution in [0.5, 0.6) is 0 Å². The Kier molecular flexibility index (Phi) is 3.12. The smallest absolute Gasteiger partial charge is 0.326 e. The van der Waals surface area contributed by atoms with Crippen molar-refractivity contribution in [3.05, 3.63) is 12.2 Å². The summed E-state index contributed by atoms with van der Waals surface area (Å²) < 4.78 is 0. The van der Waals surface area contributed by atoms with Gasteiger partial charge in [0.2, 0.25) is 0 Å². The Morgan fingerprint density at radius 3 is 2.62 bits per heavy atom. The average molecular weight is 224 g/mol. The second kappa shape index (κ2) is 4.55. The highest BCUT2D eigenvalue weighted by Gasteiger charge is 2.34. The first-order chi connectivity index (χ1) is 7.68. The van der Waals surface area contributed by atoms with Gasteiger partial charge in [-0.1, -0.05) is 12.2 Å². The van der Waals surface area contributed by atoms with Gasteiger partial charge in [0.1, 0.15) is 6.04 Å². The average Bonchev–Trinajstić information content (AvgIpc) is 2.86. The lowest BCUT2D eigenvalue weighted by Gasteiger charge is -2.24. The summed E-state index contributed by atoms with van der Waals surface area (Å²) in [5.41, 5.74) is 0. The molecule has 5 nitrogen and oxygen atoms in total. The van der Waals surface area contributed by atoms with Crippen LogP contribution in [-0.4, -0.2) is 40.6 Å². The van der Waals surface area contributed by atoms with E-state index >= 15 is 0 Å². The highest BCUT2D eigenvalue weighted by atomic mass is 16.4. The van der Waals surface area contributed by atoms with Gasteiger partial charge in [-0.15, -0.1) is 0 Å². The molecule has 0 radical (unpaired) electrons. The first-order valence-corrected chi connectivity index (χ1v) is 5.63. The van der Waals surface area contributed by atoms with Gasteiger partial charge in [-0.3, -0.25) is 0 Å². The van der Waals surface area contributed by atoms with E-state index in [0.717, 1.165) is 19.3 Å². The quantitative estimate of drug-likeness (QED) is 0.686. The second-order valence-electron chi connectivity index (χ2n) is 4.28. The van der Waals surface area contributed by atoms with E-state index in [0.29, 0.717) is 13.0 Å². The van der Waals surface area contributed by atoms with E-state index in [1.54, 1.807) is 0 Å². The predicted molar refractivity (Wildman–Crippen MR) is 58.1 cm³/mol. The normalized spacial score (nSPS) is 25.0. The fraction of sp³-hybridized carbons (Fsp3) is 0.636. The molecule has 5 heteroatoms. The Labute approximate surface area is 94.1 Å². The Bertz CT molecular complexity index is 319. The molecule has 0 unspecified atom stereocenters. The number of nitrogens with zero attached hydrogens (tertiary/aromatic N) is 1. The summed E-state index contributed by atoms with van der Waals surface area (Å²) >= 11 is 0. The Morgan fingerprint density at radius 2 is 2.00 bits per heavy atom. The summed E-state index contributed by atoms with van der Waals surface area (Å²) in [6.45, 7) is 0.545. The molecule has 1 heterocycles. The van der Waals surface area contributed by atoms with Gasteiger partial charge >= 0.3 is 12.0 Å². The van der Waals surface area contributed by atoms with Gasteiger partial charge in [0.25, 0.3) is 0 Å². The van der Waals surface area contributed by atoms with Crippen molar-refractivity contribution in [2.24, 2.45) is 0 Å². The van der Waals surface area contributed by atoms with E-state index < -0.39 is 12.0 Å². The summed E-state index contributed by atoms with van der Waals surface area (Å²) in [5.74, 6) is -0.905. The molecule has 2 rings (SSSR count). The number of urea groups is 1. The molecule has 1 fully saturated rings. The van der Waals surface area contributed by atoms with Crippen molar-refractivity contribution in [2.45, 2.75) is 37.8 Å². The van der Waals surface area contributed by atoms with Crippen LogP contribution in [0.2, 0.25) is 0 Å². The molecule has 2 amide bonds. The molecule has 0 aromatic heterocycles. The van der Waals surface area contributed by atoms with Gasteiger partial charge in [0, 0.05) is 12.6 Å². The Morgan fingerprint density at radius 1 is 1.31 bits per heavy atom. The van der Waals surface area contributed by atoms with Crippen molar-refractivity contribution in [3.63, 3.8) is 0 Å². The highest BCUT2D eigenvalue weighted by Crippen LogP contribution is 2.18. The van der Waals surface area contributed by atoms with E-state index in [-0.39, 0.29) is 12.1 Å². The van der Waals surface area contributed by atoms with Crippen LogP contribution in [0.15, 0.2) is 12.2 Å². The number of carboxylic acid groups (broad SMARTS) is 1. The zero-order chi connectivity index (χ0) is 11.5. The second-order valence-corrected chi connectivity index (χ2v) is 4.28. The van der Waals surface area contributed by atoms with Crippen LogP contribution in [0, 0.1) is 0 Å². The topological polar surface area (TPSA) is 69.6 Å². The number of carbonyl (C=O) groups is 2. The molecular weight excluding hydrogens is 208 g/mol. The van der Waals surface area contributed by atoms with Gasteiger partial charge in [-0.05, 0) is 25.7 Å². The molecule has 1 aliphatic heterocycles. The standard InChI is InChI=1S/C11H16N2O3/c14-10(15)9-6-3-7-13(9)11(16)12-8-4-1-2-5-8/h1-2,8-9H,3-7H2,(H,12,16)(H,14,15)/t9-/m0/s1. The zero-order valence-corrected chi connectivity index (χ0v) is 9.06. The minimum atomic E-state index is -0.905. The lowest BCUT2D eigenvalue weighted by Crippen LogP contribution is -2.48. The van der Waals surface area contributed by atoms with Crippen LogP contribution in [-0.2, 0) is 4.79 Å². The minimum Gasteiger partial charge on any atom is -0.480 e. The molecule has 0 aromatic rings. The van der Waals surface area contributed by atoms with Crippen LogP contribution < -0.4 is 5.32 Å². The van der Waals surface area contributed by atoms with Crippen LogP contribution in [0.1, 0.15) is 25.7 Å². The monoisotopic (exact) mass is 224 g/mol. The van der Waals surface area contributed by atoms with Crippen molar-refractivity contribution < 1.29 is 14.7 Å². The fourth-order valence-corrected chi connectivity index (χ4v) is 2.26. The van der Waals surface area contributed by atoms with E-state index in [9.17, 15) is 9.59 Å². The number of hydrogen-bond acceptors (Lipinski definition) is 2. The first-order valence-electron chi connectivity index (χ1n) is 5.63. The molecule has 2 N–H and O–H groups in total. The number of likely N-dealkylation sites (tertiary alicyclic amines) is 1. The van der Waals surface area contributed by atoms with Crippen molar-refractivity contribution in [1.29, 1.82) is 0 Å². The fourth-order valence-electron chi connectivity index (χ4n) is 2.26. The molecule has 16 heavy (non-hydrogen) atoms. The summed E-state index contributed by atoms with van der Waals surface area (Å²) in [5, 5.41) is 11.8. The van der Waals surface area contributed by atoms with Crippen LogP contribution in [0.3, 0.4) is 0 Å². The van der Waals surface area contributed by atoms with Gasteiger partial charge in [0.15, 0.2) is 0 Å². The van der Waals surface area contributed by atoms with E-state index in [1.807, 2.05) is 12.2 Å².